The number of rotatable bonds is 8. The van der Waals surface area contributed by atoms with Crippen LogP contribution in [0, 0.1) is 0 Å². The smallest absolute Gasteiger partial charge is 0.206 e. The molecule has 2 atom stereocenters. The molecule has 0 fully saturated rings. The summed E-state index contributed by atoms with van der Waals surface area (Å²) < 4.78 is 36.1. The van der Waals surface area contributed by atoms with Crippen LogP contribution < -0.4 is 9.47 Å². The van der Waals surface area contributed by atoms with Crippen molar-refractivity contribution in [3.8, 4) is 11.5 Å². The molecule has 2 aromatic carbocycles. The zero-order chi connectivity index (χ0) is 18.4. The van der Waals surface area contributed by atoms with Gasteiger partial charge >= 0.3 is 0 Å². The van der Waals surface area contributed by atoms with Crippen molar-refractivity contribution < 1.29 is 28.1 Å². The van der Waals surface area contributed by atoms with E-state index in [4.69, 9.17) is 19.7 Å². The van der Waals surface area contributed by atoms with Crippen LogP contribution in [0.15, 0.2) is 58.3 Å². The molecular formula is C18H22O6S. The molecule has 25 heavy (non-hydrogen) atoms. The molecule has 0 aliphatic carbocycles. The number of ether oxygens (including phenoxy) is 2. The lowest BCUT2D eigenvalue weighted by Gasteiger charge is -2.13. The molecule has 0 saturated carbocycles. The van der Waals surface area contributed by atoms with Gasteiger partial charge in [0, 0.05) is 0 Å². The second-order valence-electron chi connectivity index (χ2n) is 5.67. The van der Waals surface area contributed by atoms with Crippen LogP contribution in [0.2, 0.25) is 0 Å². The van der Waals surface area contributed by atoms with Gasteiger partial charge in [-0.2, -0.15) is 0 Å². The molecule has 0 heterocycles. The Morgan fingerprint density at radius 1 is 0.760 bits per heavy atom. The summed E-state index contributed by atoms with van der Waals surface area (Å²) in [5.41, 5.74) is 0. The highest BCUT2D eigenvalue weighted by Crippen LogP contribution is 2.25. The van der Waals surface area contributed by atoms with Crippen LogP contribution in [0.4, 0.5) is 0 Å². The number of hydrogen-bond acceptors (Lipinski definition) is 6. The molecule has 2 unspecified atom stereocenters. The van der Waals surface area contributed by atoms with Gasteiger partial charge in [0.25, 0.3) is 0 Å². The highest BCUT2D eigenvalue weighted by atomic mass is 32.2. The van der Waals surface area contributed by atoms with Gasteiger partial charge < -0.3 is 19.7 Å². The third-order valence-electron chi connectivity index (χ3n) is 3.46. The van der Waals surface area contributed by atoms with Crippen molar-refractivity contribution in [3.05, 3.63) is 48.5 Å². The molecule has 0 aliphatic rings. The van der Waals surface area contributed by atoms with E-state index in [0.29, 0.717) is 11.5 Å². The molecule has 2 aromatic rings. The monoisotopic (exact) mass is 366 g/mol. The second-order valence-corrected chi connectivity index (χ2v) is 7.62. The van der Waals surface area contributed by atoms with Gasteiger partial charge in [-0.15, -0.1) is 0 Å². The van der Waals surface area contributed by atoms with Crippen LogP contribution in [0.3, 0.4) is 0 Å². The van der Waals surface area contributed by atoms with Crippen molar-refractivity contribution in [1.29, 1.82) is 0 Å². The summed E-state index contributed by atoms with van der Waals surface area (Å²) in [6.45, 7) is 3.19. The minimum Gasteiger partial charge on any atom is -0.488 e. The molecule has 7 heteroatoms. The maximum Gasteiger partial charge on any atom is 0.206 e. The van der Waals surface area contributed by atoms with Crippen molar-refractivity contribution in [1.82, 2.24) is 0 Å². The van der Waals surface area contributed by atoms with Crippen molar-refractivity contribution in [2.45, 2.75) is 35.8 Å². The average Bonchev–Trinajstić information content (AvgIpc) is 2.62. The van der Waals surface area contributed by atoms with E-state index in [-0.39, 0.29) is 35.2 Å². The van der Waals surface area contributed by atoms with Crippen molar-refractivity contribution in [3.63, 3.8) is 0 Å². The fourth-order valence-corrected chi connectivity index (χ4v) is 3.33. The lowest BCUT2D eigenvalue weighted by atomic mass is 10.3. The molecule has 0 saturated heterocycles. The van der Waals surface area contributed by atoms with Gasteiger partial charge in [-0.25, -0.2) is 8.42 Å². The van der Waals surface area contributed by atoms with Gasteiger partial charge in [0.2, 0.25) is 9.84 Å². The second kappa shape index (κ2) is 8.33. The molecule has 2 N–H and O–H groups in total. The molecular weight excluding hydrogens is 344 g/mol. The molecule has 2 rings (SSSR count). The maximum absolute atomic E-state index is 12.7. The highest BCUT2D eigenvalue weighted by molar-refractivity contribution is 7.91. The Morgan fingerprint density at radius 2 is 1.08 bits per heavy atom. The zero-order valence-corrected chi connectivity index (χ0v) is 14.9. The quantitative estimate of drug-likeness (QED) is 0.743. The predicted molar refractivity (Wildman–Crippen MR) is 92.7 cm³/mol. The molecule has 0 bridgehead atoms. The highest BCUT2D eigenvalue weighted by Gasteiger charge is 2.18. The van der Waals surface area contributed by atoms with Gasteiger partial charge in [-0.05, 0) is 62.4 Å². The standard InChI is InChI=1S/C18H22O6S/c1-13(11-19)23-15-3-7-17(8-4-15)25(21,22)18-9-5-16(6-10-18)24-14(2)12-20/h3-10,13-14,19-20H,11-12H2,1-2H3. The number of benzene rings is 2. The van der Waals surface area contributed by atoms with Gasteiger partial charge in [0.1, 0.15) is 23.7 Å². The van der Waals surface area contributed by atoms with E-state index >= 15 is 0 Å². The van der Waals surface area contributed by atoms with Crippen LogP contribution in [0.25, 0.3) is 0 Å². The van der Waals surface area contributed by atoms with Gasteiger partial charge in [0.15, 0.2) is 0 Å². The Morgan fingerprint density at radius 3 is 1.36 bits per heavy atom. The number of hydrogen-bond donors (Lipinski definition) is 2. The van der Waals surface area contributed by atoms with Crippen LogP contribution in [-0.2, 0) is 9.84 Å². The van der Waals surface area contributed by atoms with Crippen LogP contribution in [0.1, 0.15) is 13.8 Å². The first-order valence-corrected chi connectivity index (χ1v) is 9.35. The molecule has 0 radical (unpaired) electrons. The SMILES string of the molecule is CC(CO)Oc1ccc(S(=O)(=O)c2ccc(OC(C)CO)cc2)cc1. The zero-order valence-electron chi connectivity index (χ0n) is 14.1. The Kier molecular flexibility index (Phi) is 6.41. The Balaban J connectivity index is 2.17. The van der Waals surface area contributed by atoms with E-state index in [1.807, 2.05) is 0 Å². The largest absolute Gasteiger partial charge is 0.488 e. The molecule has 136 valence electrons. The summed E-state index contributed by atoms with van der Waals surface area (Å²) >= 11 is 0. The molecule has 0 amide bonds. The third-order valence-corrected chi connectivity index (χ3v) is 5.24. The van der Waals surface area contributed by atoms with Crippen LogP contribution >= 0.6 is 0 Å². The number of aliphatic hydroxyl groups excluding tert-OH is 2. The van der Waals surface area contributed by atoms with E-state index in [1.54, 1.807) is 38.1 Å². The summed E-state index contributed by atoms with van der Waals surface area (Å²) in [4.78, 5) is 0.294. The van der Waals surface area contributed by atoms with Crippen molar-refractivity contribution in [2.24, 2.45) is 0 Å². The Bertz CT molecular complexity index is 707. The van der Waals surface area contributed by atoms with E-state index in [0.717, 1.165) is 0 Å². The van der Waals surface area contributed by atoms with Crippen LogP contribution in [0.5, 0.6) is 11.5 Å². The maximum atomic E-state index is 12.7. The molecule has 0 spiro atoms. The summed E-state index contributed by atoms with van der Waals surface area (Å²) in [5, 5.41) is 18.0. The van der Waals surface area contributed by atoms with E-state index in [2.05, 4.69) is 0 Å². The van der Waals surface area contributed by atoms with Gasteiger partial charge in [-0.1, -0.05) is 0 Å². The van der Waals surface area contributed by atoms with E-state index in [1.165, 1.54) is 24.3 Å². The Labute approximate surface area is 147 Å². The third kappa shape index (κ3) is 4.94. The van der Waals surface area contributed by atoms with Gasteiger partial charge in [-0.3, -0.25) is 0 Å². The average molecular weight is 366 g/mol. The number of aliphatic hydroxyl groups is 2. The predicted octanol–water partition coefficient (Wildman–Crippen LogP) is 2.04. The van der Waals surface area contributed by atoms with Gasteiger partial charge in [0.05, 0.1) is 23.0 Å². The summed E-state index contributed by atoms with van der Waals surface area (Å²) in [7, 11) is -3.65. The topological polar surface area (TPSA) is 93.1 Å². The normalized spacial score (nSPS) is 13.9. The number of sulfone groups is 1. The lowest BCUT2D eigenvalue weighted by Crippen LogP contribution is -2.16. The first-order valence-electron chi connectivity index (χ1n) is 7.87. The van der Waals surface area contributed by atoms with E-state index in [9.17, 15) is 8.42 Å². The minimum absolute atomic E-state index is 0.122. The van der Waals surface area contributed by atoms with E-state index < -0.39 is 9.84 Å². The van der Waals surface area contributed by atoms with Crippen molar-refractivity contribution in [2.75, 3.05) is 13.2 Å². The molecule has 0 aromatic heterocycles. The first kappa shape index (κ1) is 19.2. The lowest BCUT2D eigenvalue weighted by molar-refractivity contribution is 0.129. The first-order chi connectivity index (χ1) is 11.9. The fourth-order valence-electron chi connectivity index (χ4n) is 2.07. The fraction of sp³-hybridized carbons (Fsp3) is 0.333. The molecule has 6 nitrogen and oxygen atoms in total. The summed E-state index contributed by atoms with van der Waals surface area (Å²) in [6.07, 6.45) is -0.729. The minimum atomic E-state index is -3.65. The molecule has 0 aliphatic heterocycles. The van der Waals surface area contributed by atoms with Crippen LogP contribution in [-0.4, -0.2) is 44.1 Å². The Hall–Kier alpha value is -2.09. The summed E-state index contributed by atoms with van der Waals surface area (Å²) in [5.74, 6) is 0.976. The summed E-state index contributed by atoms with van der Waals surface area (Å²) in [6, 6.07) is 12.1. The van der Waals surface area contributed by atoms with Crippen molar-refractivity contribution >= 4 is 9.84 Å².